The number of carbonyl (C=O) groups is 2. The molecule has 0 aromatic heterocycles. The summed E-state index contributed by atoms with van der Waals surface area (Å²) < 4.78 is 0. The maximum absolute atomic E-state index is 12.1. The number of likely N-dealkylation sites (tertiary alicyclic amines) is 1. The lowest BCUT2D eigenvalue weighted by molar-refractivity contribution is -0.126. The first-order valence-corrected chi connectivity index (χ1v) is 8.95. The molecule has 2 N–H and O–H groups in total. The van der Waals surface area contributed by atoms with E-state index < -0.39 is 0 Å². The van der Waals surface area contributed by atoms with Gasteiger partial charge < -0.3 is 10.6 Å². The van der Waals surface area contributed by atoms with Crippen molar-refractivity contribution in [2.24, 2.45) is 5.92 Å². The summed E-state index contributed by atoms with van der Waals surface area (Å²) in [6, 6.07) is 7.80. The first-order chi connectivity index (χ1) is 11.6. The van der Waals surface area contributed by atoms with E-state index in [-0.39, 0.29) is 17.7 Å². The Morgan fingerprint density at radius 3 is 2.46 bits per heavy atom. The van der Waals surface area contributed by atoms with Crippen molar-refractivity contribution in [2.75, 3.05) is 31.5 Å². The predicted molar refractivity (Wildman–Crippen MR) is 96.9 cm³/mol. The number of nitrogens with zero attached hydrogens (tertiary/aromatic N) is 1. The molecule has 24 heavy (non-hydrogen) atoms. The van der Waals surface area contributed by atoms with Crippen LogP contribution in [0.3, 0.4) is 0 Å². The highest BCUT2D eigenvalue weighted by Gasteiger charge is 2.25. The number of hydrogen-bond donors (Lipinski definition) is 2. The van der Waals surface area contributed by atoms with Crippen molar-refractivity contribution in [1.82, 2.24) is 10.2 Å². The van der Waals surface area contributed by atoms with E-state index in [0.29, 0.717) is 6.54 Å². The summed E-state index contributed by atoms with van der Waals surface area (Å²) in [5.41, 5.74) is 2.00. The maximum atomic E-state index is 12.1. The van der Waals surface area contributed by atoms with Crippen molar-refractivity contribution in [3.8, 4) is 0 Å². The second-order valence-corrected chi connectivity index (χ2v) is 6.61. The third kappa shape index (κ3) is 5.96. The Morgan fingerprint density at radius 1 is 1.17 bits per heavy atom. The van der Waals surface area contributed by atoms with Gasteiger partial charge in [-0.1, -0.05) is 31.0 Å². The Bertz CT molecular complexity index is 534. The van der Waals surface area contributed by atoms with Gasteiger partial charge in [0.1, 0.15) is 0 Å². The normalized spacial score (nSPS) is 15.9. The molecule has 0 bridgehead atoms. The third-order valence-corrected chi connectivity index (χ3v) is 4.49. The summed E-state index contributed by atoms with van der Waals surface area (Å²) in [4.78, 5) is 26.3. The summed E-state index contributed by atoms with van der Waals surface area (Å²) in [6.07, 6.45) is 3.78. The molecule has 0 atom stereocenters. The van der Waals surface area contributed by atoms with E-state index in [9.17, 15) is 9.59 Å². The number of amides is 2. The average molecular weight is 331 g/mol. The van der Waals surface area contributed by atoms with Gasteiger partial charge in [0.25, 0.3) is 0 Å². The van der Waals surface area contributed by atoms with E-state index in [1.165, 1.54) is 5.56 Å². The largest absolute Gasteiger partial charge is 0.356 e. The lowest BCUT2D eigenvalue weighted by atomic mass is 9.96. The minimum Gasteiger partial charge on any atom is -0.356 e. The van der Waals surface area contributed by atoms with E-state index in [1.54, 1.807) is 0 Å². The molecular weight excluding hydrogens is 302 g/mol. The number of hydrogen-bond acceptors (Lipinski definition) is 3. The molecule has 1 aromatic carbocycles. The van der Waals surface area contributed by atoms with E-state index in [2.05, 4.69) is 22.5 Å². The number of anilines is 1. The first kappa shape index (κ1) is 18.5. The van der Waals surface area contributed by atoms with Crippen LogP contribution in [0.25, 0.3) is 0 Å². The molecule has 2 amide bonds. The van der Waals surface area contributed by atoms with E-state index >= 15 is 0 Å². The maximum Gasteiger partial charge on any atom is 0.238 e. The van der Waals surface area contributed by atoms with E-state index in [1.807, 2.05) is 31.2 Å². The van der Waals surface area contributed by atoms with Gasteiger partial charge in [0.15, 0.2) is 0 Å². The van der Waals surface area contributed by atoms with Gasteiger partial charge in [-0.25, -0.2) is 0 Å². The topological polar surface area (TPSA) is 61.4 Å². The van der Waals surface area contributed by atoms with Gasteiger partial charge in [-0.3, -0.25) is 14.5 Å². The summed E-state index contributed by atoms with van der Waals surface area (Å²) >= 11 is 0. The van der Waals surface area contributed by atoms with Crippen molar-refractivity contribution in [1.29, 1.82) is 0 Å². The van der Waals surface area contributed by atoms with Crippen molar-refractivity contribution in [3.05, 3.63) is 29.8 Å². The second-order valence-electron chi connectivity index (χ2n) is 6.61. The molecule has 2 rings (SSSR count). The fourth-order valence-corrected chi connectivity index (χ4v) is 2.93. The van der Waals surface area contributed by atoms with Crippen LogP contribution in [-0.4, -0.2) is 42.9 Å². The molecule has 1 aromatic rings. The molecule has 5 heteroatoms. The van der Waals surface area contributed by atoms with Gasteiger partial charge in [-0.2, -0.15) is 0 Å². The highest BCUT2D eigenvalue weighted by Crippen LogP contribution is 2.17. The zero-order valence-corrected chi connectivity index (χ0v) is 14.8. The van der Waals surface area contributed by atoms with Gasteiger partial charge >= 0.3 is 0 Å². The molecule has 1 aliphatic rings. The zero-order chi connectivity index (χ0) is 17.4. The van der Waals surface area contributed by atoms with Crippen LogP contribution in [0.5, 0.6) is 0 Å². The quantitative estimate of drug-likeness (QED) is 0.755. The summed E-state index contributed by atoms with van der Waals surface area (Å²) in [5, 5.41) is 5.93. The number of aryl methyl sites for hydroxylation is 1. The van der Waals surface area contributed by atoms with Crippen LogP contribution in [0.2, 0.25) is 0 Å². The minimum absolute atomic E-state index is 0.00435. The van der Waals surface area contributed by atoms with Crippen LogP contribution in [0.15, 0.2) is 24.3 Å². The summed E-state index contributed by atoms with van der Waals surface area (Å²) in [5.74, 6) is 0.273. The molecule has 0 unspecified atom stereocenters. The Labute approximate surface area is 144 Å². The molecule has 1 heterocycles. The number of benzene rings is 1. The molecule has 0 spiro atoms. The van der Waals surface area contributed by atoms with Crippen LogP contribution in [0, 0.1) is 12.8 Å². The van der Waals surface area contributed by atoms with E-state index in [4.69, 9.17) is 0 Å². The molecule has 132 valence electrons. The first-order valence-electron chi connectivity index (χ1n) is 8.95. The Balaban J connectivity index is 1.69. The SMILES string of the molecule is CCCCNC(=O)C1CCN(CC(=O)Nc2ccc(C)cc2)CC1. The fourth-order valence-electron chi connectivity index (χ4n) is 2.93. The number of nitrogens with one attached hydrogen (secondary N) is 2. The van der Waals surface area contributed by atoms with Crippen LogP contribution in [0.1, 0.15) is 38.2 Å². The Hall–Kier alpha value is -1.88. The monoisotopic (exact) mass is 331 g/mol. The minimum atomic E-state index is 0.00435. The fraction of sp³-hybridized carbons (Fsp3) is 0.579. The molecule has 0 saturated carbocycles. The standard InChI is InChI=1S/C19H29N3O2/c1-3-4-11-20-19(24)16-9-12-22(13-10-16)14-18(23)21-17-7-5-15(2)6-8-17/h5-8,16H,3-4,9-14H2,1-2H3,(H,20,24)(H,21,23). The average Bonchev–Trinajstić information content (AvgIpc) is 2.58. The number of piperidine rings is 1. The van der Waals surface area contributed by atoms with Gasteiger partial charge in [0.2, 0.25) is 11.8 Å². The van der Waals surface area contributed by atoms with Crippen molar-refractivity contribution < 1.29 is 9.59 Å². The predicted octanol–water partition coefficient (Wildman–Crippen LogP) is 2.56. The van der Waals surface area contributed by atoms with Gasteiger partial charge in [0.05, 0.1) is 6.54 Å². The lowest BCUT2D eigenvalue weighted by Crippen LogP contribution is -2.43. The highest BCUT2D eigenvalue weighted by atomic mass is 16.2. The van der Waals surface area contributed by atoms with Crippen LogP contribution < -0.4 is 10.6 Å². The molecular formula is C19H29N3O2. The van der Waals surface area contributed by atoms with Crippen molar-refractivity contribution >= 4 is 17.5 Å². The third-order valence-electron chi connectivity index (χ3n) is 4.49. The Kier molecular flexibility index (Phi) is 7.25. The highest BCUT2D eigenvalue weighted by molar-refractivity contribution is 5.92. The molecule has 5 nitrogen and oxygen atoms in total. The lowest BCUT2D eigenvalue weighted by Gasteiger charge is -2.30. The zero-order valence-electron chi connectivity index (χ0n) is 14.8. The van der Waals surface area contributed by atoms with Gasteiger partial charge in [0, 0.05) is 18.2 Å². The van der Waals surface area contributed by atoms with Crippen LogP contribution in [0.4, 0.5) is 5.69 Å². The molecule has 1 fully saturated rings. The molecule has 1 aliphatic heterocycles. The van der Waals surface area contributed by atoms with Crippen molar-refractivity contribution in [2.45, 2.75) is 39.5 Å². The van der Waals surface area contributed by atoms with Gasteiger partial charge in [-0.15, -0.1) is 0 Å². The molecule has 0 aliphatic carbocycles. The second kappa shape index (κ2) is 9.42. The Morgan fingerprint density at radius 2 is 1.83 bits per heavy atom. The van der Waals surface area contributed by atoms with Crippen LogP contribution in [-0.2, 0) is 9.59 Å². The van der Waals surface area contributed by atoms with Gasteiger partial charge in [-0.05, 0) is 51.4 Å². The molecule has 0 radical (unpaired) electrons. The smallest absolute Gasteiger partial charge is 0.238 e. The van der Waals surface area contributed by atoms with E-state index in [0.717, 1.165) is 51.0 Å². The number of carbonyl (C=O) groups excluding carboxylic acids is 2. The molecule has 1 saturated heterocycles. The number of unbranched alkanes of at least 4 members (excludes halogenated alkanes) is 1. The van der Waals surface area contributed by atoms with Crippen LogP contribution >= 0.6 is 0 Å². The summed E-state index contributed by atoms with van der Waals surface area (Å²) in [6.45, 7) is 6.90. The summed E-state index contributed by atoms with van der Waals surface area (Å²) in [7, 11) is 0. The number of rotatable bonds is 7. The van der Waals surface area contributed by atoms with Crippen molar-refractivity contribution in [3.63, 3.8) is 0 Å².